The summed E-state index contributed by atoms with van der Waals surface area (Å²) in [6, 6.07) is 3.52. The van der Waals surface area contributed by atoms with Crippen molar-refractivity contribution in [1.29, 1.82) is 0 Å². The summed E-state index contributed by atoms with van der Waals surface area (Å²) in [6.07, 6.45) is 3.74. The first-order valence-corrected chi connectivity index (χ1v) is 6.52. The lowest BCUT2D eigenvalue weighted by Crippen LogP contribution is -2.23. The molecule has 3 heterocycles. The number of carboxylic acids is 1. The number of pyridine rings is 1. The molecule has 100 valence electrons. The Bertz CT molecular complexity index is 622. The highest BCUT2D eigenvalue weighted by Gasteiger charge is 2.28. The van der Waals surface area contributed by atoms with Crippen molar-refractivity contribution in [2.45, 2.75) is 25.8 Å². The molecular weight excluding hydrogens is 244 g/mol. The van der Waals surface area contributed by atoms with E-state index in [4.69, 9.17) is 5.11 Å². The normalized spacial score (nSPS) is 20.2. The number of hydrogen-bond acceptors (Lipinski definition) is 4. The number of fused-ring (bicyclic) bond motifs is 1. The van der Waals surface area contributed by atoms with Crippen LogP contribution in [0.25, 0.3) is 5.65 Å². The highest BCUT2D eigenvalue weighted by molar-refractivity contribution is 5.87. The standard InChI is InChI=1S/C13H16N4O2/c1-2-16-7-3-4-10(16)12-14-11-6-5-9(13(18)19)8-17(11)15-12/h5-6,8,10H,2-4,7H2,1H3,(H,18,19). The van der Waals surface area contributed by atoms with Crippen molar-refractivity contribution >= 4 is 11.6 Å². The van der Waals surface area contributed by atoms with E-state index in [-0.39, 0.29) is 11.6 Å². The number of hydrogen-bond donors (Lipinski definition) is 1. The van der Waals surface area contributed by atoms with Crippen LogP contribution in [0.4, 0.5) is 0 Å². The van der Waals surface area contributed by atoms with Crippen LogP contribution in [0.1, 0.15) is 42.0 Å². The third-order valence-corrected chi connectivity index (χ3v) is 3.66. The summed E-state index contributed by atoms with van der Waals surface area (Å²) in [7, 11) is 0. The van der Waals surface area contributed by atoms with E-state index in [1.54, 1.807) is 16.6 Å². The predicted octanol–water partition coefficient (Wildman–Crippen LogP) is 1.58. The molecule has 1 saturated heterocycles. The van der Waals surface area contributed by atoms with Gasteiger partial charge in [-0.15, -0.1) is 5.10 Å². The molecule has 2 aromatic rings. The number of aromatic nitrogens is 3. The molecule has 1 aliphatic rings. The van der Waals surface area contributed by atoms with Gasteiger partial charge in [-0.25, -0.2) is 14.3 Å². The molecule has 6 nitrogen and oxygen atoms in total. The van der Waals surface area contributed by atoms with E-state index in [1.165, 1.54) is 6.20 Å². The Hall–Kier alpha value is -1.95. The van der Waals surface area contributed by atoms with Gasteiger partial charge in [-0.05, 0) is 38.1 Å². The second kappa shape index (κ2) is 4.62. The van der Waals surface area contributed by atoms with Crippen LogP contribution in [0.15, 0.2) is 18.3 Å². The van der Waals surface area contributed by atoms with Crippen molar-refractivity contribution in [3.63, 3.8) is 0 Å². The van der Waals surface area contributed by atoms with Gasteiger partial charge in [0, 0.05) is 6.20 Å². The van der Waals surface area contributed by atoms with Crippen molar-refractivity contribution in [2.24, 2.45) is 0 Å². The average Bonchev–Trinajstić information content (AvgIpc) is 3.03. The van der Waals surface area contributed by atoms with E-state index in [2.05, 4.69) is 21.9 Å². The Morgan fingerprint density at radius 3 is 3.11 bits per heavy atom. The van der Waals surface area contributed by atoms with Crippen molar-refractivity contribution in [3.05, 3.63) is 29.7 Å². The van der Waals surface area contributed by atoms with Crippen molar-refractivity contribution in [2.75, 3.05) is 13.1 Å². The van der Waals surface area contributed by atoms with Gasteiger partial charge in [-0.2, -0.15) is 0 Å². The maximum absolute atomic E-state index is 10.9. The molecule has 0 bridgehead atoms. The molecular formula is C13H16N4O2. The summed E-state index contributed by atoms with van der Waals surface area (Å²) in [5.74, 6) is -0.156. The first-order chi connectivity index (χ1) is 9.19. The average molecular weight is 260 g/mol. The van der Waals surface area contributed by atoms with Gasteiger partial charge < -0.3 is 5.11 Å². The fourth-order valence-corrected chi connectivity index (χ4v) is 2.66. The number of likely N-dealkylation sites (tertiary alicyclic amines) is 1. The Balaban J connectivity index is 1.99. The zero-order chi connectivity index (χ0) is 13.4. The van der Waals surface area contributed by atoms with Crippen LogP contribution < -0.4 is 0 Å². The molecule has 0 spiro atoms. The van der Waals surface area contributed by atoms with Gasteiger partial charge in [0.1, 0.15) is 0 Å². The smallest absolute Gasteiger partial charge is 0.337 e. The van der Waals surface area contributed by atoms with E-state index in [0.29, 0.717) is 5.65 Å². The van der Waals surface area contributed by atoms with Gasteiger partial charge in [-0.3, -0.25) is 4.90 Å². The maximum atomic E-state index is 10.9. The second-order valence-corrected chi connectivity index (χ2v) is 4.78. The number of rotatable bonds is 3. The molecule has 0 radical (unpaired) electrons. The first-order valence-electron chi connectivity index (χ1n) is 6.52. The highest BCUT2D eigenvalue weighted by atomic mass is 16.4. The minimum Gasteiger partial charge on any atom is -0.478 e. The van der Waals surface area contributed by atoms with E-state index >= 15 is 0 Å². The number of aromatic carboxylic acids is 1. The van der Waals surface area contributed by atoms with Gasteiger partial charge in [0.25, 0.3) is 0 Å². The van der Waals surface area contributed by atoms with Crippen LogP contribution in [-0.2, 0) is 0 Å². The quantitative estimate of drug-likeness (QED) is 0.907. The largest absolute Gasteiger partial charge is 0.478 e. The molecule has 0 aliphatic carbocycles. The van der Waals surface area contributed by atoms with E-state index in [1.807, 2.05) is 0 Å². The molecule has 1 fully saturated rings. The number of nitrogens with zero attached hydrogens (tertiary/aromatic N) is 4. The van der Waals surface area contributed by atoms with Gasteiger partial charge >= 0.3 is 5.97 Å². The van der Waals surface area contributed by atoms with Crippen LogP contribution in [0, 0.1) is 0 Å². The fraction of sp³-hybridized carbons (Fsp3) is 0.462. The van der Waals surface area contributed by atoms with E-state index in [0.717, 1.165) is 31.8 Å². The van der Waals surface area contributed by atoms with Crippen molar-refractivity contribution < 1.29 is 9.90 Å². The van der Waals surface area contributed by atoms with Crippen LogP contribution in [0.3, 0.4) is 0 Å². The lowest BCUT2D eigenvalue weighted by atomic mass is 10.2. The molecule has 0 amide bonds. The van der Waals surface area contributed by atoms with E-state index < -0.39 is 5.97 Å². The molecule has 1 aliphatic heterocycles. The van der Waals surface area contributed by atoms with Gasteiger partial charge in [0.15, 0.2) is 11.5 Å². The third-order valence-electron chi connectivity index (χ3n) is 3.66. The SMILES string of the molecule is CCN1CCCC1c1nc2ccc(C(=O)O)cn2n1. The summed E-state index contributed by atoms with van der Waals surface area (Å²) in [6.45, 7) is 4.20. The highest BCUT2D eigenvalue weighted by Crippen LogP contribution is 2.29. The van der Waals surface area contributed by atoms with Crippen LogP contribution in [0.2, 0.25) is 0 Å². The lowest BCUT2D eigenvalue weighted by Gasteiger charge is -2.19. The summed E-state index contributed by atoms with van der Waals surface area (Å²) < 4.78 is 1.56. The molecule has 1 N–H and O–H groups in total. The molecule has 19 heavy (non-hydrogen) atoms. The maximum Gasteiger partial charge on any atom is 0.337 e. The minimum absolute atomic E-state index is 0.225. The second-order valence-electron chi connectivity index (χ2n) is 4.78. The number of carbonyl (C=O) groups is 1. The molecule has 3 rings (SSSR count). The molecule has 6 heteroatoms. The number of carboxylic acid groups (broad SMARTS) is 1. The summed E-state index contributed by atoms with van der Waals surface area (Å²) in [5.41, 5.74) is 0.922. The molecule has 0 aromatic carbocycles. The van der Waals surface area contributed by atoms with E-state index in [9.17, 15) is 4.79 Å². The van der Waals surface area contributed by atoms with Gasteiger partial charge in [0.05, 0.1) is 11.6 Å². The fourth-order valence-electron chi connectivity index (χ4n) is 2.66. The van der Waals surface area contributed by atoms with Gasteiger partial charge in [-0.1, -0.05) is 6.92 Å². The molecule has 1 atom stereocenters. The van der Waals surface area contributed by atoms with Crippen LogP contribution in [-0.4, -0.2) is 43.7 Å². The van der Waals surface area contributed by atoms with Crippen LogP contribution >= 0.6 is 0 Å². The Morgan fingerprint density at radius 1 is 1.53 bits per heavy atom. The monoisotopic (exact) mass is 260 g/mol. The van der Waals surface area contributed by atoms with Crippen LogP contribution in [0.5, 0.6) is 0 Å². The lowest BCUT2D eigenvalue weighted by molar-refractivity contribution is 0.0696. The summed E-state index contributed by atoms with van der Waals surface area (Å²) in [5, 5.41) is 13.4. The van der Waals surface area contributed by atoms with Crippen molar-refractivity contribution in [1.82, 2.24) is 19.5 Å². The zero-order valence-corrected chi connectivity index (χ0v) is 10.8. The zero-order valence-electron chi connectivity index (χ0n) is 10.8. The first kappa shape index (κ1) is 12.1. The molecule has 1 unspecified atom stereocenters. The summed E-state index contributed by atoms with van der Waals surface area (Å²) >= 11 is 0. The third kappa shape index (κ3) is 2.08. The predicted molar refractivity (Wildman–Crippen MR) is 69.2 cm³/mol. The Labute approximate surface area is 110 Å². The van der Waals surface area contributed by atoms with Crippen molar-refractivity contribution in [3.8, 4) is 0 Å². The topological polar surface area (TPSA) is 70.7 Å². The summed E-state index contributed by atoms with van der Waals surface area (Å²) in [4.78, 5) is 17.8. The Kier molecular flexibility index (Phi) is 2.94. The Morgan fingerprint density at radius 2 is 2.37 bits per heavy atom. The molecule has 2 aromatic heterocycles. The molecule has 0 saturated carbocycles. The van der Waals surface area contributed by atoms with Gasteiger partial charge in [0.2, 0.25) is 0 Å². The minimum atomic E-state index is -0.949.